The van der Waals surface area contributed by atoms with Crippen LogP contribution < -0.4 is 10.6 Å². The van der Waals surface area contributed by atoms with Crippen LogP contribution in [0.5, 0.6) is 0 Å². The molecule has 3 aromatic carbocycles. The quantitative estimate of drug-likeness (QED) is 0.221. The molecule has 0 bridgehead atoms. The maximum absolute atomic E-state index is 4.71. The van der Waals surface area contributed by atoms with E-state index in [4.69, 9.17) is 4.98 Å². The van der Waals surface area contributed by atoms with Crippen LogP contribution in [0, 0.1) is 5.41 Å². The molecule has 4 N–H and O–H groups in total. The first-order chi connectivity index (χ1) is 18.7. The second-order valence-electron chi connectivity index (χ2n) is 11.5. The van der Waals surface area contributed by atoms with Crippen LogP contribution in [0.2, 0.25) is 0 Å². The van der Waals surface area contributed by atoms with Gasteiger partial charge in [0.05, 0.1) is 35.9 Å². The smallest absolute Gasteiger partial charge is 0.123 e. The highest BCUT2D eigenvalue weighted by Gasteiger charge is 2.49. The first kappa shape index (κ1) is 22.3. The molecule has 8 rings (SSSR count). The number of nitrogens with one attached hydrogen (secondary N) is 4. The molecule has 1 aliphatic carbocycles. The summed E-state index contributed by atoms with van der Waals surface area (Å²) in [7, 11) is 0. The normalized spacial score (nSPS) is 22.0. The van der Waals surface area contributed by atoms with Gasteiger partial charge < -0.3 is 20.6 Å². The number of hydrogen-bond donors (Lipinski definition) is 4. The second kappa shape index (κ2) is 8.65. The monoisotopic (exact) mass is 500 g/mol. The molecule has 2 unspecified atom stereocenters. The van der Waals surface area contributed by atoms with Gasteiger partial charge in [-0.25, -0.2) is 9.97 Å². The lowest BCUT2D eigenvalue weighted by Gasteiger charge is -2.08. The molecule has 2 aromatic heterocycles. The van der Waals surface area contributed by atoms with Gasteiger partial charge >= 0.3 is 0 Å². The summed E-state index contributed by atoms with van der Waals surface area (Å²) in [6, 6.07) is 22.9. The molecular weight excluding hydrogens is 468 g/mol. The number of fused-ring (bicyclic) bond motifs is 1. The molecule has 38 heavy (non-hydrogen) atoms. The van der Waals surface area contributed by atoms with Crippen molar-refractivity contribution in [3.63, 3.8) is 0 Å². The number of imidazole rings is 2. The van der Waals surface area contributed by atoms with Crippen LogP contribution in [0.3, 0.4) is 0 Å². The average molecular weight is 501 g/mol. The number of aromatic nitrogens is 4. The minimum Gasteiger partial charge on any atom is -0.341 e. The topological polar surface area (TPSA) is 81.4 Å². The van der Waals surface area contributed by atoms with Gasteiger partial charge in [0, 0.05) is 12.1 Å². The van der Waals surface area contributed by atoms with Crippen LogP contribution in [0.15, 0.2) is 73.1 Å². The molecule has 0 radical (unpaired) electrons. The fraction of sp³-hybridized carbons (Fsp3) is 0.312. The summed E-state index contributed by atoms with van der Waals surface area (Å²) < 4.78 is 0. The minimum atomic E-state index is 0.354. The van der Waals surface area contributed by atoms with Crippen LogP contribution in [0.4, 0.5) is 0 Å². The number of hydrogen-bond acceptors (Lipinski definition) is 4. The van der Waals surface area contributed by atoms with E-state index in [2.05, 4.69) is 86.2 Å². The molecule has 2 atom stereocenters. The van der Waals surface area contributed by atoms with Crippen LogP contribution in [0.25, 0.3) is 44.4 Å². The van der Waals surface area contributed by atoms with Crippen LogP contribution in [0.1, 0.15) is 55.8 Å². The maximum atomic E-state index is 4.71. The minimum absolute atomic E-state index is 0.354. The Labute approximate surface area is 222 Å². The van der Waals surface area contributed by atoms with Gasteiger partial charge in [-0.05, 0) is 83.7 Å². The van der Waals surface area contributed by atoms with E-state index in [0.29, 0.717) is 17.5 Å². The molecule has 5 aromatic rings. The molecule has 2 saturated heterocycles. The Balaban J connectivity index is 1.01. The van der Waals surface area contributed by atoms with E-state index in [-0.39, 0.29) is 0 Å². The molecule has 6 nitrogen and oxygen atoms in total. The predicted molar refractivity (Wildman–Crippen MR) is 152 cm³/mol. The van der Waals surface area contributed by atoms with Gasteiger partial charge in [0.25, 0.3) is 0 Å². The number of benzene rings is 3. The third-order valence-corrected chi connectivity index (χ3v) is 8.91. The summed E-state index contributed by atoms with van der Waals surface area (Å²) in [5.74, 6) is 2.12. The fourth-order valence-corrected chi connectivity index (χ4v) is 6.34. The molecular formula is C32H32N6. The molecule has 3 fully saturated rings. The third kappa shape index (κ3) is 3.96. The van der Waals surface area contributed by atoms with Crippen molar-refractivity contribution in [3.05, 3.63) is 84.7 Å². The molecule has 1 saturated carbocycles. The van der Waals surface area contributed by atoms with Gasteiger partial charge in [0.2, 0.25) is 0 Å². The van der Waals surface area contributed by atoms with Gasteiger partial charge in [-0.3, -0.25) is 0 Å². The fourth-order valence-electron chi connectivity index (χ4n) is 6.34. The van der Waals surface area contributed by atoms with Crippen molar-refractivity contribution in [2.75, 3.05) is 13.1 Å². The van der Waals surface area contributed by atoms with E-state index >= 15 is 0 Å². The van der Waals surface area contributed by atoms with Crippen LogP contribution in [-0.2, 0) is 0 Å². The summed E-state index contributed by atoms with van der Waals surface area (Å²) >= 11 is 0. The average Bonchev–Trinajstić information content (AvgIpc) is 3.53. The first-order valence-electron chi connectivity index (χ1n) is 13.9. The molecule has 0 amide bonds. The van der Waals surface area contributed by atoms with E-state index < -0.39 is 0 Å². The lowest BCUT2D eigenvalue weighted by molar-refractivity contribution is 0.543. The SMILES string of the molecule is c1cc(-c2cnc(C3CC4(CC4)CN3)[nH]2)ccc1-c1ccc2cc(-c3cnc(C4CCCN4)[nH]3)ccc2c1. The first-order valence-corrected chi connectivity index (χ1v) is 13.9. The van der Waals surface area contributed by atoms with Gasteiger partial charge in [0.1, 0.15) is 11.6 Å². The predicted octanol–water partition coefficient (Wildman–Crippen LogP) is 6.53. The number of rotatable bonds is 5. The Morgan fingerprint density at radius 1 is 0.658 bits per heavy atom. The van der Waals surface area contributed by atoms with E-state index in [0.717, 1.165) is 42.5 Å². The van der Waals surface area contributed by atoms with Gasteiger partial charge in [0.15, 0.2) is 0 Å². The standard InChI is InChI=1S/C32H32N6/c1-2-26(33-13-1)30-34-18-29(38-30)25-10-9-23-14-22(7-8-24(23)15-25)20-3-5-21(6-4-20)28-17-35-31(37-28)27-16-32(11-12-32)19-36-27/h3-10,14-15,17-18,26-27,33,36H,1-2,11-13,16,19H2,(H,34,38)(H,35,37). The molecule has 1 spiro atoms. The van der Waals surface area contributed by atoms with Gasteiger partial charge in [-0.2, -0.15) is 0 Å². The van der Waals surface area contributed by atoms with E-state index in [9.17, 15) is 0 Å². The van der Waals surface area contributed by atoms with Crippen LogP contribution >= 0.6 is 0 Å². The highest BCUT2D eigenvalue weighted by molar-refractivity contribution is 5.90. The molecule has 2 aliphatic heterocycles. The highest BCUT2D eigenvalue weighted by atomic mass is 15.1. The van der Waals surface area contributed by atoms with Crippen molar-refractivity contribution >= 4 is 10.8 Å². The summed E-state index contributed by atoms with van der Waals surface area (Å²) in [6.45, 7) is 2.21. The zero-order valence-corrected chi connectivity index (χ0v) is 21.4. The number of aromatic amines is 2. The summed E-state index contributed by atoms with van der Waals surface area (Å²) in [5.41, 5.74) is 7.51. The Bertz CT molecular complexity index is 1620. The van der Waals surface area contributed by atoms with Gasteiger partial charge in [-0.1, -0.05) is 48.5 Å². The van der Waals surface area contributed by atoms with E-state index in [1.54, 1.807) is 0 Å². The zero-order valence-electron chi connectivity index (χ0n) is 21.4. The van der Waals surface area contributed by atoms with Crippen molar-refractivity contribution in [1.29, 1.82) is 0 Å². The Morgan fingerprint density at radius 3 is 1.97 bits per heavy atom. The summed E-state index contributed by atoms with van der Waals surface area (Å²) in [4.78, 5) is 16.4. The Hall–Kier alpha value is -3.74. The summed E-state index contributed by atoms with van der Waals surface area (Å²) in [6.07, 6.45) is 10.2. The Kier molecular flexibility index (Phi) is 5.07. The lowest BCUT2D eigenvalue weighted by atomic mass is 9.98. The molecule has 6 heteroatoms. The number of nitrogens with zero attached hydrogens (tertiary/aromatic N) is 2. The largest absolute Gasteiger partial charge is 0.341 e. The van der Waals surface area contributed by atoms with E-state index in [1.165, 1.54) is 58.7 Å². The third-order valence-electron chi connectivity index (χ3n) is 8.91. The maximum Gasteiger partial charge on any atom is 0.123 e. The van der Waals surface area contributed by atoms with Gasteiger partial charge in [-0.15, -0.1) is 0 Å². The van der Waals surface area contributed by atoms with Crippen molar-refractivity contribution < 1.29 is 0 Å². The van der Waals surface area contributed by atoms with Crippen molar-refractivity contribution in [2.45, 2.75) is 44.2 Å². The zero-order chi connectivity index (χ0) is 25.1. The highest BCUT2D eigenvalue weighted by Crippen LogP contribution is 2.54. The van der Waals surface area contributed by atoms with Crippen molar-refractivity contribution in [1.82, 2.24) is 30.6 Å². The Morgan fingerprint density at radius 2 is 1.29 bits per heavy atom. The molecule has 4 heterocycles. The van der Waals surface area contributed by atoms with E-state index in [1.807, 2.05) is 12.4 Å². The molecule has 3 aliphatic rings. The molecule has 190 valence electrons. The lowest BCUT2D eigenvalue weighted by Crippen LogP contribution is -2.15. The second-order valence-corrected chi connectivity index (χ2v) is 11.5. The number of H-pyrrole nitrogens is 2. The summed E-state index contributed by atoms with van der Waals surface area (Å²) in [5, 5.41) is 9.65. The van der Waals surface area contributed by atoms with Crippen molar-refractivity contribution in [2.24, 2.45) is 5.41 Å². The van der Waals surface area contributed by atoms with Crippen LogP contribution in [-0.4, -0.2) is 33.0 Å². The van der Waals surface area contributed by atoms with Crippen molar-refractivity contribution in [3.8, 4) is 33.6 Å².